The minimum atomic E-state index is 0.165. The summed E-state index contributed by atoms with van der Waals surface area (Å²) in [5, 5.41) is 4.64. The number of nitrogens with two attached hydrogens (primary N) is 1. The van der Waals surface area contributed by atoms with E-state index in [1.807, 2.05) is 13.0 Å². The van der Waals surface area contributed by atoms with Crippen LogP contribution in [0.3, 0.4) is 0 Å². The third-order valence-electron chi connectivity index (χ3n) is 3.34. The van der Waals surface area contributed by atoms with Gasteiger partial charge in [0.05, 0.1) is 12.2 Å². The number of benzene rings is 1. The van der Waals surface area contributed by atoms with Crippen LogP contribution in [-0.4, -0.2) is 15.8 Å². The maximum absolute atomic E-state index is 5.90. The zero-order valence-corrected chi connectivity index (χ0v) is 13.2. The average Bonchev–Trinajstić information content (AvgIpc) is 2.60. The Labute approximate surface area is 122 Å². The van der Waals surface area contributed by atoms with Crippen LogP contribution in [0.4, 0.5) is 0 Å². The van der Waals surface area contributed by atoms with Crippen LogP contribution < -0.4 is 5.73 Å². The van der Waals surface area contributed by atoms with Gasteiger partial charge in [0, 0.05) is 16.2 Å². The van der Waals surface area contributed by atoms with E-state index >= 15 is 0 Å². The first-order valence-electron chi connectivity index (χ1n) is 6.51. The van der Waals surface area contributed by atoms with Crippen LogP contribution in [0, 0.1) is 13.8 Å². The van der Waals surface area contributed by atoms with E-state index in [4.69, 9.17) is 5.73 Å². The molecule has 2 N–H and O–H groups in total. The number of aryl methyl sites for hydroxylation is 1. The Hall–Kier alpha value is -1.13. The lowest BCUT2D eigenvalue weighted by Gasteiger charge is -2.08. The van der Waals surface area contributed by atoms with Gasteiger partial charge in [0.15, 0.2) is 0 Å². The summed E-state index contributed by atoms with van der Waals surface area (Å²) < 4.78 is 3.18. The SMILES string of the molecule is Cc1nn(Cc2ccccc2Br)c(C)c1CC(C)N. The van der Waals surface area contributed by atoms with Crippen molar-refractivity contribution in [2.45, 2.75) is 39.8 Å². The van der Waals surface area contributed by atoms with Crippen LogP contribution in [-0.2, 0) is 13.0 Å². The highest BCUT2D eigenvalue weighted by atomic mass is 79.9. The summed E-state index contributed by atoms with van der Waals surface area (Å²) in [6.07, 6.45) is 0.883. The molecule has 0 aliphatic carbocycles. The van der Waals surface area contributed by atoms with Crippen LogP contribution in [0.5, 0.6) is 0 Å². The maximum Gasteiger partial charge on any atom is 0.0673 e. The summed E-state index contributed by atoms with van der Waals surface area (Å²) in [6.45, 7) is 6.99. The van der Waals surface area contributed by atoms with Crippen LogP contribution >= 0.6 is 15.9 Å². The van der Waals surface area contributed by atoms with Gasteiger partial charge in [-0.05, 0) is 44.4 Å². The van der Waals surface area contributed by atoms with Gasteiger partial charge in [-0.3, -0.25) is 4.68 Å². The highest BCUT2D eigenvalue weighted by molar-refractivity contribution is 9.10. The van der Waals surface area contributed by atoms with Gasteiger partial charge in [-0.2, -0.15) is 5.10 Å². The van der Waals surface area contributed by atoms with Crippen LogP contribution in [0.2, 0.25) is 0 Å². The van der Waals surface area contributed by atoms with Gasteiger partial charge >= 0.3 is 0 Å². The van der Waals surface area contributed by atoms with E-state index in [1.54, 1.807) is 0 Å². The second-order valence-corrected chi connectivity index (χ2v) is 5.93. The van der Waals surface area contributed by atoms with E-state index in [2.05, 4.69) is 57.8 Å². The van der Waals surface area contributed by atoms with Crippen molar-refractivity contribution in [3.8, 4) is 0 Å². The summed E-state index contributed by atoms with van der Waals surface area (Å²) >= 11 is 3.58. The van der Waals surface area contributed by atoms with Gasteiger partial charge in [0.25, 0.3) is 0 Å². The third-order valence-corrected chi connectivity index (χ3v) is 4.11. The Morgan fingerprint density at radius 2 is 2.00 bits per heavy atom. The average molecular weight is 322 g/mol. The molecule has 2 aromatic rings. The van der Waals surface area contributed by atoms with Crippen molar-refractivity contribution in [1.29, 1.82) is 0 Å². The topological polar surface area (TPSA) is 43.8 Å². The molecule has 0 spiro atoms. The van der Waals surface area contributed by atoms with Crippen molar-refractivity contribution in [2.24, 2.45) is 5.73 Å². The third kappa shape index (κ3) is 3.25. The van der Waals surface area contributed by atoms with Gasteiger partial charge in [0.2, 0.25) is 0 Å². The maximum atomic E-state index is 5.90. The molecular formula is C15H20BrN3. The molecule has 1 unspecified atom stereocenters. The highest BCUT2D eigenvalue weighted by Gasteiger charge is 2.13. The molecule has 0 amide bonds. The first-order chi connectivity index (χ1) is 8.99. The Morgan fingerprint density at radius 3 is 2.63 bits per heavy atom. The molecule has 0 saturated heterocycles. The largest absolute Gasteiger partial charge is 0.328 e. The van der Waals surface area contributed by atoms with E-state index in [0.29, 0.717) is 0 Å². The van der Waals surface area contributed by atoms with Crippen molar-refractivity contribution in [3.63, 3.8) is 0 Å². The predicted octanol–water partition coefficient (Wildman–Crippen LogP) is 3.20. The highest BCUT2D eigenvalue weighted by Crippen LogP contribution is 2.20. The summed E-state index contributed by atoms with van der Waals surface area (Å²) in [5.41, 5.74) is 10.7. The number of nitrogens with zero attached hydrogens (tertiary/aromatic N) is 2. The molecule has 1 heterocycles. The van der Waals surface area contributed by atoms with Crippen molar-refractivity contribution in [1.82, 2.24) is 9.78 Å². The van der Waals surface area contributed by atoms with E-state index in [1.165, 1.54) is 16.8 Å². The number of hydrogen-bond acceptors (Lipinski definition) is 2. The lowest BCUT2D eigenvalue weighted by atomic mass is 10.1. The molecule has 1 atom stereocenters. The first kappa shape index (κ1) is 14.3. The molecule has 0 bridgehead atoms. The second kappa shape index (κ2) is 5.88. The molecule has 2 rings (SSSR count). The second-order valence-electron chi connectivity index (χ2n) is 5.08. The normalized spacial score (nSPS) is 12.7. The molecule has 1 aromatic carbocycles. The van der Waals surface area contributed by atoms with Gasteiger partial charge in [-0.1, -0.05) is 34.1 Å². The van der Waals surface area contributed by atoms with Crippen molar-refractivity contribution in [2.75, 3.05) is 0 Å². The zero-order chi connectivity index (χ0) is 14.0. The Balaban J connectivity index is 2.29. The van der Waals surface area contributed by atoms with Crippen molar-refractivity contribution in [3.05, 3.63) is 51.3 Å². The van der Waals surface area contributed by atoms with Gasteiger partial charge < -0.3 is 5.73 Å². The molecule has 0 radical (unpaired) electrons. The number of rotatable bonds is 4. The quantitative estimate of drug-likeness (QED) is 0.939. The molecular weight excluding hydrogens is 302 g/mol. The fraction of sp³-hybridized carbons (Fsp3) is 0.400. The summed E-state index contributed by atoms with van der Waals surface area (Å²) in [4.78, 5) is 0. The Morgan fingerprint density at radius 1 is 1.32 bits per heavy atom. The number of hydrogen-bond donors (Lipinski definition) is 1. The lowest BCUT2D eigenvalue weighted by Crippen LogP contribution is -2.18. The van der Waals surface area contributed by atoms with Gasteiger partial charge in [-0.25, -0.2) is 0 Å². The molecule has 1 aromatic heterocycles. The number of aromatic nitrogens is 2. The molecule has 0 aliphatic rings. The summed E-state index contributed by atoms with van der Waals surface area (Å²) in [6, 6.07) is 8.42. The van der Waals surface area contributed by atoms with E-state index in [0.717, 1.165) is 23.1 Å². The minimum absolute atomic E-state index is 0.165. The molecule has 0 saturated carbocycles. The van der Waals surface area contributed by atoms with Crippen LogP contribution in [0.15, 0.2) is 28.7 Å². The van der Waals surface area contributed by atoms with Gasteiger partial charge in [-0.15, -0.1) is 0 Å². The molecule has 0 fully saturated rings. The van der Waals surface area contributed by atoms with Crippen LogP contribution in [0.1, 0.15) is 29.4 Å². The van der Waals surface area contributed by atoms with E-state index in [9.17, 15) is 0 Å². The Bertz CT molecular complexity index is 573. The van der Waals surface area contributed by atoms with Crippen LogP contribution in [0.25, 0.3) is 0 Å². The van der Waals surface area contributed by atoms with E-state index in [-0.39, 0.29) is 6.04 Å². The van der Waals surface area contributed by atoms with Crippen molar-refractivity contribution < 1.29 is 0 Å². The standard InChI is InChI=1S/C15H20BrN3/c1-10(17)8-14-11(2)18-19(12(14)3)9-13-6-4-5-7-15(13)16/h4-7,10H,8-9,17H2,1-3H3. The molecule has 3 nitrogen and oxygen atoms in total. The smallest absolute Gasteiger partial charge is 0.0673 e. The molecule has 4 heteroatoms. The fourth-order valence-corrected chi connectivity index (χ4v) is 2.70. The van der Waals surface area contributed by atoms with Crippen molar-refractivity contribution >= 4 is 15.9 Å². The molecule has 0 aliphatic heterocycles. The van der Waals surface area contributed by atoms with Gasteiger partial charge in [0.1, 0.15) is 0 Å². The fourth-order valence-electron chi connectivity index (χ4n) is 2.29. The lowest BCUT2D eigenvalue weighted by molar-refractivity contribution is 0.654. The molecule has 102 valence electrons. The van der Waals surface area contributed by atoms with E-state index < -0.39 is 0 Å². The molecule has 19 heavy (non-hydrogen) atoms. The summed E-state index contributed by atoms with van der Waals surface area (Å²) in [5.74, 6) is 0. The monoisotopic (exact) mass is 321 g/mol. The first-order valence-corrected chi connectivity index (χ1v) is 7.30. The summed E-state index contributed by atoms with van der Waals surface area (Å²) in [7, 11) is 0. The minimum Gasteiger partial charge on any atom is -0.328 e. The predicted molar refractivity (Wildman–Crippen MR) is 82.3 cm³/mol. The number of halogens is 1. The Kier molecular flexibility index (Phi) is 4.42. The zero-order valence-electron chi connectivity index (χ0n) is 11.7.